The maximum Gasteiger partial charge on any atom is 0.295 e. The molecule has 0 saturated carbocycles. The third-order valence-electron chi connectivity index (χ3n) is 12.8. The lowest BCUT2D eigenvalue weighted by atomic mass is 9.74. The molecule has 1 atom stereocenters. The molecule has 0 saturated heterocycles. The van der Waals surface area contributed by atoms with Gasteiger partial charge < -0.3 is 4.90 Å². The molecular formula is C43H54N3O15S5+. The number of hydrogen-bond acceptors (Lipinski definition) is 12. The molecule has 66 heavy (non-hydrogen) atoms. The van der Waals surface area contributed by atoms with Crippen molar-refractivity contribution in [1.82, 2.24) is 0 Å². The summed E-state index contributed by atoms with van der Waals surface area (Å²) < 4.78 is 173. The van der Waals surface area contributed by atoms with E-state index in [0.717, 1.165) is 45.6 Å². The van der Waals surface area contributed by atoms with Crippen molar-refractivity contribution in [2.75, 3.05) is 35.2 Å². The Kier molecular flexibility index (Phi) is 13.5. The Hall–Kier alpha value is -4.17. The highest BCUT2D eigenvalue weighted by Gasteiger charge is 2.50. The Balaban J connectivity index is 1.53. The molecule has 0 aliphatic carbocycles. The second kappa shape index (κ2) is 17.4. The van der Waals surface area contributed by atoms with Gasteiger partial charge >= 0.3 is 0 Å². The molecule has 360 valence electrons. The molecule has 23 heteroatoms. The van der Waals surface area contributed by atoms with Gasteiger partial charge in [0.1, 0.15) is 11.4 Å². The fraction of sp³-hybridized carbons (Fsp3) is 0.442. The number of rotatable bonds is 17. The first-order valence-corrected chi connectivity index (χ1v) is 28.4. The van der Waals surface area contributed by atoms with Crippen LogP contribution >= 0.6 is 0 Å². The topological polar surface area (TPSA) is 290 Å². The highest BCUT2D eigenvalue weighted by Crippen LogP contribution is 2.55. The van der Waals surface area contributed by atoms with Crippen LogP contribution in [0.25, 0.3) is 10.8 Å². The van der Waals surface area contributed by atoms with E-state index >= 15 is 0 Å². The summed E-state index contributed by atoms with van der Waals surface area (Å²) >= 11 is 0. The maximum absolute atomic E-state index is 12.7. The standard InChI is InChI=1S/C43H53N3O15S5/c1-27-24-33-39(40-37(27)41(3,4)28(2)44-40)42(5,6)35(46(33)20-13-23-64(53,54)55)14-9-8-10-15-36-43(7,18-11-21-62(47,48)49)38-31-25-29(65(56,57)58)26-34(66(59,60)61)30(31)16-17-32(38)45(36)19-12-22-63(50,51)52/h8-10,14-17,24-26H,11-13,18-23H2,1-7H3,(H4-,47,48,49,50,51,52,53,54,55,56,57,58,59,60,61)/p+1. The minimum atomic E-state index is -5.12. The van der Waals surface area contributed by atoms with Crippen LogP contribution in [0.15, 0.2) is 81.2 Å². The van der Waals surface area contributed by atoms with Crippen LogP contribution in [0.5, 0.6) is 0 Å². The van der Waals surface area contributed by atoms with Gasteiger partial charge in [-0.3, -0.25) is 27.8 Å². The van der Waals surface area contributed by atoms with E-state index in [0.29, 0.717) is 17.5 Å². The predicted octanol–water partition coefficient (Wildman–Crippen LogP) is 6.40. The molecule has 3 aliphatic rings. The molecule has 0 aromatic heterocycles. The molecule has 3 aliphatic heterocycles. The summed E-state index contributed by atoms with van der Waals surface area (Å²) in [6.45, 7) is 14.1. The van der Waals surface area contributed by atoms with Crippen LogP contribution in [0.2, 0.25) is 0 Å². The van der Waals surface area contributed by atoms with Crippen molar-refractivity contribution in [3.8, 4) is 0 Å². The van der Waals surface area contributed by atoms with Crippen molar-refractivity contribution in [2.45, 2.75) is 100 Å². The third-order valence-corrected chi connectivity index (χ3v) is 17.0. The first-order valence-electron chi connectivity index (χ1n) is 20.7. The van der Waals surface area contributed by atoms with Gasteiger partial charge in [-0.25, -0.2) is 0 Å². The number of anilines is 1. The number of aryl methyl sites for hydroxylation is 1. The SMILES string of the molecule is CC1=Nc2c(c(C)cc3c2C(C)(C)C(/C=C/C=C/C=C2/N(CCCS(=O)(=O)O)c4ccc5c(S(=O)(=O)O)cc(S(=O)(=O)O)cc5c4C2(C)CCCS(=O)(=O)O)=[N+]3CCCS(=O)(=O)O)C1(C)C. The average Bonchev–Trinajstić information content (AvgIpc) is 3.62. The van der Waals surface area contributed by atoms with Crippen molar-refractivity contribution in [2.24, 2.45) is 4.99 Å². The molecule has 3 heterocycles. The molecule has 0 spiro atoms. The molecule has 3 aromatic carbocycles. The van der Waals surface area contributed by atoms with Crippen LogP contribution in [0, 0.1) is 6.92 Å². The third kappa shape index (κ3) is 10.2. The van der Waals surface area contributed by atoms with Crippen LogP contribution in [-0.2, 0) is 66.8 Å². The Morgan fingerprint density at radius 3 is 1.86 bits per heavy atom. The average molecular weight is 1010 g/mol. The molecule has 0 amide bonds. The molecule has 3 aromatic rings. The smallest absolute Gasteiger partial charge is 0.295 e. The molecular weight excluding hydrogens is 959 g/mol. The van der Waals surface area contributed by atoms with Crippen LogP contribution < -0.4 is 4.90 Å². The van der Waals surface area contributed by atoms with Gasteiger partial charge in [-0.15, -0.1) is 0 Å². The Labute approximate surface area is 386 Å². The van der Waals surface area contributed by atoms with Crippen LogP contribution in [0.1, 0.15) is 89.5 Å². The lowest BCUT2D eigenvalue weighted by Gasteiger charge is -2.31. The number of allylic oxidation sites excluding steroid dienone is 6. The molecule has 18 nitrogen and oxygen atoms in total. The Bertz CT molecular complexity index is 3300. The lowest BCUT2D eigenvalue weighted by Crippen LogP contribution is -2.30. The molecule has 0 fully saturated rings. The van der Waals surface area contributed by atoms with Crippen molar-refractivity contribution in [3.63, 3.8) is 0 Å². The summed E-state index contributed by atoms with van der Waals surface area (Å²) in [4.78, 5) is 4.99. The Morgan fingerprint density at radius 1 is 0.667 bits per heavy atom. The normalized spacial score (nSPS) is 20.3. The van der Waals surface area contributed by atoms with Crippen LogP contribution in [-0.4, -0.2) is 111 Å². The van der Waals surface area contributed by atoms with E-state index < -0.39 is 88.5 Å². The number of aliphatic imine (C=N–C) groups is 1. The highest BCUT2D eigenvalue weighted by molar-refractivity contribution is 7.87. The van der Waals surface area contributed by atoms with Gasteiger partial charge in [0.25, 0.3) is 50.6 Å². The zero-order valence-electron chi connectivity index (χ0n) is 37.3. The minimum absolute atomic E-state index is 0.0604. The first kappa shape index (κ1) is 51.2. The van der Waals surface area contributed by atoms with Crippen molar-refractivity contribution >= 4 is 89.8 Å². The van der Waals surface area contributed by atoms with Gasteiger partial charge in [0.15, 0.2) is 5.71 Å². The largest absolute Gasteiger partial charge is 0.344 e. The van der Waals surface area contributed by atoms with Crippen molar-refractivity contribution in [3.05, 3.63) is 88.7 Å². The zero-order chi connectivity index (χ0) is 49.4. The maximum atomic E-state index is 12.7. The minimum Gasteiger partial charge on any atom is -0.344 e. The molecule has 1 unspecified atom stereocenters. The number of hydrogen-bond donors (Lipinski definition) is 5. The fourth-order valence-electron chi connectivity index (χ4n) is 9.77. The van der Waals surface area contributed by atoms with Gasteiger partial charge in [0.2, 0.25) is 5.69 Å². The molecule has 5 N–H and O–H groups in total. The van der Waals surface area contributed by atoms with Crippen molar-refractivity contribution < 1.29 is 69.4 Å². The van der Waals surface area contributed by atoms with Gasteiger partial charge in [-0.2, -0.15) is 46.7 Å². The van der Waals surface area contributed by atoms with E-state index in [1.807, 2.05) is 38.3 Å². The molecule has 0 bridgehead atoms. The van der Waals surface area contributed by atoms with E-state index in [4.69, 9.17) is 4.99 Å². The summed E-state index contributed by atoms with van der Waals surface area (Å²) in [5.41, 5.74) is 5.07. The summed E-state index contributed by atoms with van der Waals surface area (Å²) in [6, 6.07) is 6.45. The van der Waals surface area contributed by atoms with Crippen molar-refractivity contribution in [1.29, 1.82) is 0 Å². The lowest BCUT2D eigenvalue weighted by molar-refractivity contribution is -0.437. The fourth-order valence-corrected chi connectivity index (χ4v) is 12.6. The van der Waals surface area contributed by atoms with E-state index in [2.05, 4.69) is 19.9 Å². The highest BCUT2D eigenvalue weighted by atomic mass is 32.2. The quantitative estimate of drug-likeness (QED) is 0.0555. The van der Waals surface area contributed by atoms with Gasteiger partial charge in [0, 0.05) is 58.4 Å². The number of fused-ring (bicyclic) bond motifs is 6. The van der Waals surface area contributed by atoms with Gasteiger partial charge in [-0.05, 0) is 100 Å². The molecule has 6 rings (SSSR count). The van der Waals surface area contributed by atoms with E-state index in [1.54, 1.807) is 36.1 Å². The van der Waals surface area contributed by atoms with E-state index in [9.17, 15) is 64.9 Å². The molecule has 0 radical (unpaired) electrons. The summed E-state index contributed by atoms with van der Waals surface area (Å²) in [7, 11) is -23.4. The summed E-state index contributed by atoms with van der Waals surface area (Å²) in [6.07, 6.45) is 8.27. The number of benzene rings is 3. The second-order valence-electron chi connectivity index (χ2n) is 18.2. The Morgan fingerprint density at radius 2 is 1.27 bits per heavy atom. The van der Waals surface area contributed by atoms with Crippen LogP contribution in [0.4, 0.5) is 17.1 Å². The van der Waals surface area contributed by atoms with E-state index in [-0.39, 0.29) is 60.5 Å². The van der Waals surface area contributed by atoms with Gasteiger partial charge in [-0.1, -0.05) is 38.1 Å². The predicted molar refractivity (Wildman–Crippen MR) is 252 cm³/mol. The van der Waals surface area contributed by atoms with Gasteiger partial charge in [0.05, 0.1) is 38.8 Å². The van der Waals surface area contributed by atoms with E-state index in [1.165, 1.54) is 12.1 Å². The monoisotopic (exact) mass is 1010 g/mol. The zero-order valence-corrected chi connectivity index (χ0v) is 41.4. The first-order chi connectivity index (χ1) is 30.1. The van der Waals surface area contributed by atoms with Crippen LogP contribution in [0.3, 0.4) is 0 Å². The summed E-state index contributed by atoms with van der Waals surface area (Å²) in [5.74, 6) is -1.83. The summed E-state index contributed by atoms with van der Waals surface area (Å²) in [5, 5.41) is -0.208. The number of nitrogens with zero attached hydrogens (tertiary/aromatic N) is 3. The second-order valence-corrected chi connectivity index (χ2v) is 25.7.